The van der Waals surface area contributed by atoms with Crippen LogP contribution in [-0.4, -0.2) is 30.8 Å². The van der Waals surface area contributed by atoms with Gasteiger partial charge in [-0.15, -0.1) is 0 Å². The van der Waals surface area contributed by atoms with Gasteiger partial charge in [-0.3, -0.25) is 4.79 Å². The van der Waals surface area contributed by atoms with Crippen molar-refractivity contribution in [3.05, 3.63) is 35.9 Å². The van der Waals surface area contributed by atoms with Crippen LogP contribution >= 0.6 is 0 Å². The molecule has 1 aromatic rings. The normalized spacial score (nSPS) is 15.6. The summed E-state index contributed by atoms with van der Waals surface area (Å²) in [4.78, 5) is 12.4. The molecular weight excluding hydrogens is 242 g/mol. The summed E-state index contributed by atoms with van der Waals surface area (Å²) in [5.74, 6) is -0.336. The molecule has 0 aliphatic rings. The Balaban J connectivity index is 3.17. The molecule has 3 N–H and O–H groups in total. The van der Waals surface area contributed by atoms with Crippen LogP contribution in [0.15, 0.2) is 30.3 Å². The number of hydrogen-bond donors (Lipinski definition) is 2. The van der Waals surface area contributed by atoms with Crippen molar-refractivity contribution >= 4 is 5.97 Å². The SMILES string of the molecule is CCOC(=O)C(CN)(CC(C)CO)c1ccccc1. The second kappa shape index (κ2) is 7.26. The van der Waals surface area contributed by atoms with Crippen molar-refractivity contribution in [3.63, 3.8) is 0 Å². The van der Waals surface area contributed by atoms with Gasteiger partial charge in [-0.1, -0.05) is 37.3 Å². The molecule has 1 aromatic carbocycles. The summed E-state index contributed by atoms with van der Waals surface area (Å²) in [7, 11) is 0. The minimum atomic E-state index is -0.876. The maximum absolute atomic E-state index is 12.4. The predicted molar refractivity (Wildman–Crippen MR) is 74.7 cm³/mol. The van der Waals surface area contributed by atoms with Gasteiger partial charge in [0.1, 0.15) is 5.41 Å². The van der Waals surface area contributed by atoms with Crippen molar-refractivity contribution in [1.29, 1.82) is 0 Å². The van der Waals surface area contributed by atoms with Crippen LogP contribution in [0.2, 0.25) is 0 Å². The molecule has 19 heavy (non-hydrogen) atoms. The lowest BCUT2D eigenvalue weighted by Crippen LogP contribution is -2.45. The number of carbonyl (C=O) groups excluding carboxylic acids is 1. The molecule has 0 heterocycles. The first kappa shape index (κ1) is 15.7. The summed E-state index contributed by atoms with van der Waals surface area (Å²) in [6.07, 6.45) is 0.475. The van der Waals surface area contributed by atoms with E-state index >= 15 is 0 Å². The van der Waals surface area contributed by atoms with Crippen LogP contribution in [0.1, 0.15) is 25.8 Å². The van der Waals surface area contributed by atoms with Gasteiger partial charge in [0.05, 0.1) is 6.61 Å². The van der Waals surface area contributed by atoms with Crippen molar-refractivity contribution in [3.8, 4) is 0 Å². The van der Waals surface area contributed by atoms with Crippen LogP contribution in [-0.2, 0) is 14.9 Å². The van der Waals surface area contributed by atoms with E-state index in [1.54, 1.807) is 6.92 Å². The maximum Gasteiger partial charge on any atom is 0.317 e. The fraction of sp³-hybridized carbons (Fsp3) is 0.533. The molecule has 0 saturated carbocycles. The standard InChI is InChI=1S/C15H23NO3/c1-3-19-14(18)15(11-16,9-12(2)10-17)13-7-5-4-6-8-13/h4-8,12,17H,3,9-11,16H2,1-2H3. The van der Waals surface area contributed by atoms with E-state index < -0.39 is 5.41 Å². The molecule has 4 nitrogen and oxygen atoms in total. The average Bonchev–Trinajstić information content (AvgIpc) is 2.45. The highest BCUT2D eigenvalue weighted by Crippen LogP contribution is 2.32. The summed E-state index contributed by atoms with van der Waals surface area (Å²) in [6, 6.07) is 9.41. The summed E-state index contributed by atoms with van der Waals surface area (Å²) < 4.78 is 5.20. The molecular formula is C15H23NO3. The molecule has 0 aliphatic heterocycles. The van der Waals surface area contributed by atoms with Crippen molar-refractivity contribution in [2.75, 3.05) is 19.8 Å². The molecule has 2 unspecified atom stereocenters. The van der Waals surface area contributed by atoms with Gasteiger partial charge >= 0.3 is 5.97 Å². The summed E-state index contributed by atoms with van der Waals surface area (Å²) in [5, 5.41) is 9.26. The first-order valence-corrected chi connectivity index (χ1v) is 6.64. The van der Waals surface area contributed by atoms with Crippen LogP contribution in [0.4, 0.5) is 0 Å². The first-order chi connectivity index (χ1) is 9.10. The van der Waals surface area contributed by atoms with Gasteiger partial charge in [0.2, 0.25) is 0 Å². The topological polar surface area (TPSA) is 72.5 Å². The Morgan fingerprint density at radius 1 is 1.42 bits per heavy atom. The Hall–Kier alpha value is -1.39. The fourth-order valence-electron chi connectivity index (χ4n) is 2.29. The van der Waals surface area contributed by atoms with Crippen LogP contribution in [0, 0.1) is 5.92 Å². The second-order valence-corrected chi connectivity index (χ2v) is 4.86. The van der Waals surface area contributed by atoms with Gasteiger partial charge in [0, 0.05) is 13.2 Å². The minimum absolute atomic E-state index is 0.0202. The van der Waals surface area contributed by atoms with Crippen LogP contribution in [0.3, 0.4) is 0 Å². The van der Waals surface area contributed by atoms with Crippen molar-refractivity contribution in [2.24, 2.45) is 11.7 Å². The number of aliphatic hydroxyl groups is 1. The molecule has 4 heteroatoms. The molecule has 0 bridgehead atoms. The highest BCUT2D eigenvalue weighted by Gasteiger charge is 2.41. The zero-order valence-electron chi connectivity index (χ0n) is 11.6. The molecule has 0 spiro atoms. The minimum Gasteiger partial charge on any atom is -0.465 e. The van der Waals surface area contributed by atoms with E-state index in [9.17, 15) is 9.90 Å². The third-order valence-electron chi connectivity index (χ3n) is 3.35. The van der Waals surface area contributed by atoms with Gasteiger partial charge in [0.15, 0.2) is 0 Å². The number of esters is 1. The van der Waals surface area contributed by atoms with E-state index in [-0.39, 0.29) is 25.0 Å². The van der Waals surface area contributed by atoms with Gasteiger partial charge in [0.25, 0.3) is 0 Å². The van der Waals surface area contributed by atoms with Crippen LogP contribution in [0.5, 0.6) is 0 Å². The molecule has 1 rings (SSSR count). The van der Waals surface area contributed by atoms with Crippen LogP contribution in [0.25, 0.3) is 0 Å². The van der Waals surface area contributed by atoms with E-state index in [4.69, 9.17) is 10.5 Å². The molecule has 0 radical (unpaired) electrons. The van der Waals surface area contributed by atoms with Crippen molar-refractivity contribution < 1.29 is 14.6 Å². The molecule has 0 amide bonds. The molecule has 2 atom stereocenters. The number of hydrogen-bond acceptors (Lipinski definition) is 4. The Labute approximate surface area is 114 Å². The van der Waals surface area contributed by atoms with E-state index in [1.165, 1.54) is 0 Å². The zero-order valence-corrected chi connectivity index (χ0v) is 11.6. The average molecular weight is 265 g/mol. The van der Waals surface area contributed by atoms with E-state index in [1.807, 2.05) is 37.3 Å². The molecule has 0 aliphatic carbocycles. The number of nitrogens with two attached hydrogens (primary N) is 1. The lowest BCUT2D eigenvalue weighted by Gasteiger charge is -2.32. The third kappa shape index (κ3) is 3.55. The first-order valence-electron chi connectivity index (χ1n) is 6.64. The summed E-state index contributed by atoms with van der Waals surface area (Å²) in [6.45, 7) is 4.18. The number of benzene rings is 1. The van der Waals surface area contributed by atoms with Gasteiger partial charge in [-0.2, -0.15) is 0 Å². The lowest BCUT2D eigenvalue weighted by atomic mass is 9.74. The number of rotatable bonds is 7. The van der Waals surface area contributed by atoms with Gasteiger partial charge < -0.3 is 15.6 Å². The molecule has 106 valence electrons. The summed E-state index contributed by atoms with van der Waals surface area (Å²) in [5.41, 5.74) is 5.86. The molecule has 0 aromatic heterocycles. The highest BCUT2D eigenvalue weighted by atomic mass is 16.5. The monoisotopic (exact) mass is 265 g/mol. The molecule has 0 fully saturated rings. The van der Waals surface area contributed by atoms with Gasteiger partial charge in [-0.25, -0.2) is 0 Å². The molecule has 0 saturated heterocycles. The van der Waals surface area contributed by atoms with E-state index in [0.29, 0.717) is 13.0 Å². The Morgan fingerprint density at radius 3 is 2.53 bits per heavy atom. The number of aliphatic hydroxyl groups excluding tert-OH is 1. The highest BCUT2D eigenvalue weighted by molar-refractivity contribution is 5.83. The van der Waals surface area contributed by atoms with Crippen LogP contribution < -0.4 is 5.73 Å². The largest absolute Gasteiger partial charge is 0.465 e. The quantitative estimate of drug-likeness (QED) is 0.732. The third-order valence-corrected chi connectivity index (χ3v) is 3.35. The fourth-order valence-corrected chi connectivity index (χ4v) is 2.29. The van der Waals surface area contributed by atoms with Crippen molar-refractivity contribution in [2.45, 2.75) is 25.7 Å². The zero-order chi connectivity index (χ0) is 14.3. The Kier molecular flexibility index (Phi) is 5.99. The number of carbonyl (C=O) groups is 1. The van der Waals surface area contributed by atoms with Gasteiger partial charge in [-0.05, 0) is 24.8 Å². The van der Waals surface area contributed by atoms with Crippen molar-refractivity contribution in [1.82, 2.24) is 0 Å². The number of ether oxygens (including phenoxy) is 1. The summed E-state index contributed by atoms with van der Waals surface area (Å²) >= 11 is 0. The Morgan fingerprint density at radius 2 is 2.05 bits per heavy atom. The second-order valence-electron chi connectivity index (χ2n) is 4.86. The lowest BCUT2D eigenvalue weighted by molar-refractivity contribution is -0.150. The smallest absolute Gasteiger partial charge is 0.317 e. The van der Waals surface area contributed by atoms with E-state index in [0.717, 1.165) is 5.56 Å². The Bertz CT molecular complexity index is 394. The maximum atomic E-state index is 12.4. The predicted octanol–water partition coefficient (Wildman–Crippen LogP) is 1.46. The van der Waals surface area contributed by atoms with E-state index in [2.05, 4.69) is 0 Å².